The highest BCUT2D eigenvalue weighted by molar-refractivity contribution is 5.75. The zero-order chi connectivity index (χ0) is 8.10. The van der Waals surface area contributed by atoms with Gasteiger partial charge in [0.2, 0.25) is 5.96 Å². The number of tetrazole rings is 1. The van der Waals surface area contributed by atoms with E-state index in [0.29, 0.717) is 0 Å². The Kier molecular flexibility index (Phi) is 2.05. The van der Waals surface area contributed by atoms with Gasteiger partial charge in [0, 0.05) is 0 Å². The molecule has 0 spiro atoms. The number of hydrogen-bond acceptors (Lipinski definition) is 5. The summed E-state index contributed by atoms with van der Waals surface area (Å²) in [5.74, 6) is -0.118. The van der Waals surface area contributed by atoms with Crippen molar-refractivity contribution in [3.63, 3.8) is 0 Å². The quantitative estimate of drug-likeness (QED) is 0.205. The smallest absolute Gasteiger partial charge is 0.309 e. The molecule has 58 valence electrons. The van der Waals surface area contributed by atoms with Gasteiger partial charge in [-0.3, -0.25) is 0 Å². The lowest BCUT2D eigenvalue weighted by molar-refractivity contribution is 0.881. The molecule has 5 N–H and O–H groups in total. The number of nitrogens with two attached hydrogens (primary N) is 2. The molecule has 1 aromatic heterocycles. The van der Waals surface area contributed by atoms with E-state index in [0.717, 1.165) is 0 Å². The molecule has 1 heterocycles. The van der Waals surface area contributed by atoms with Crippen molar-refractivity contribution in [2.24, 2.45) is 26.9 Å². The van der Waals surface area contributed by atoms with Crippen LogP contribution in [0, 0.1) is 0 Å². The summed E-state index contributed by atoms with van der Waals surface area (Å²) in [5, 5.41) is 22.1. The topological polar surface area (TPSA) is 144 Å². The minimum Gasteiger partial charge on any atom is -0.368 e. The van der Waals surface area contributed by atoms with E-state index in [1.54, 1.807) is 0 Å². The van der Waals surface area contributed by atoms with Gasteiger partial charge >= 0.3 is 5.95 Å². The van der Waals surface area contributed by atoms with Gasteiger partial charge < -0.3 is 11.5 Å². The second-order valence-electron chi connectivity index (χ2n) is 1.43. The van der Waals surface area contributed by atoms with Crippen LogP contribution >= 0.6 is 0 Å². The van der Waals surface area contributed by atoms with Crippen LogP contribution in [0.4, 0.5) is 5.95 Å². The van der Waals surface area contributed by atoms with Gasteiger partial charge in [0.1, 0.15) is 0 Å². The Bertz CT molecular complexity index is 251. The number of H-pyrrole nitrogens is 1. The highest BCUT2D eigenvalue weighted by Crippen LogP contribution is 1.96. The Balaban J connectivity index is 2.56. The number of guanidine groups is 1. The van der Waals surface area contributed by atoms with Gasteiger partial charge in [0.15, 0.2) is 0 Å². The van der Waals surface area contributed by atoms with Crippen molar-refractivity contribution >= 4 is 11.9 Å². The van der Waals surface area contributed by atoms with Gasteiger partial charge in [-0.2, -0.15) is 5.21 Å². The lowest BCUT2D eigenvalue weighted by Crippen LogP contribution is -2.21. The first-order chi connectivity index (χ1) is 5.29. The Morgan fingerprint density at radius 2 is 2.27 bits per heavy atom. The maximum Gasteiger partial charge on any atom is 0.309 e. The van der Waals surface area contributed by atoms with Crippen LogP contribution in [0.5, 0.6) is 0 Å². The highest BCUT2D eigenvalue weighted by atomic mass is 15.5. The number of nitrogens with one attached hydrogen (secondary N) is 1. The van der Waals surface area contributed by atoms with Gasteiger partial charge in [-0.05, 0) is 10.4 Å². The Morgan fingerprint density at radius 1 is 1.45 bits per heavy atom. The first-order valence-electron chi connectivity index (χ1n) is 2.52. The van der Waals surface area contributed by atoms with Gasteiger partial charge in [0.25, 0.3) is 0 Å². The molecule has 0 fully saturated rings. The zero-order valence-corrected chi connectivity index (χ0v) is 5.34. The molecule has 0 atom stereocenters. The van der Waals surface area contributed by atoms with E-state index >= 15 is 0 Å². The third-order valence-corrected chi connectivity index (χ3v) is 0.629. The zero-order valence-electron chi connectivity index (χ0n) is 5.34. The number of hydrogen-bond donors (Lipinski definition) is 3. The number of nitrogens with zero attached hydrogens (tertiary/aromatic N) is 6. The molecule has 0 saturated heterocycles. The number of aromatic nitrogens is 4. The van der Waals surface area contributed by atoms with Crippen molar-refractivity contribution in [2.45, 2.75) is 0 Å². The Morgan fingerprint density at radius 3 is 2.82 bits per heavy atom. The number of rotatable bonds is 2. The van der Waals surface area contributed by atoms with Crippen molar-refractivity contribution in [1.29, 1.82) is 0 Å². The minimum atomic E-state index is -0.183. The largest absolute Gasteiger partial charge is 0.368 e. The molecule has 0 amide bonds. The van der Waals surface area contributed by atoms with E-state index in [-0.39, 0.29) is 11.9 Å². The molecule has 0 aromatic carbocycles. The summed E-state index contributed by atoms with van der Waals surface area (Å²) in [7, 11) is 0. The second-order valence-corrected chi connectivity index (χ2v) is 1.43. The van der Waals surface area contributed by atoms with E-state index in [4.69, 9.17) is 11.5 Å². The van der Waals surface area contributed by atoms with E-state index in [1.165, 1.54) is 0 Å². The molecule has 0 saturated carbocycles. The van der Waals surface area contributed by atoms with Crippen LogP contribution in [0.3, 0.4) is 0 Å². The summed E-state index contributed by atoms with van der Waals surface area (Å²) in [6.45, 7) is 0. The summed E-state index contributed by atoms with van der Waals surface area (Å²) in [6, 6.07) is 0. The van der Waals surface area contributed by atoms with E-state index < -0.39 is 0 Å². The third-order valence-electron chi connectivity index (χ3n) is 0.629. The van der Waals surface area contributed by atoms with Crippen molar-refractivity contribution in [1.82, 2.24) is 20.6 Å². The van der Waals surface area contributed by atoms with E-state index in [2.05, 4.69) is 36.1 Å². The van der Waals surface area contributed by atoms with Crippen LogP contribution in [-0.2, 0) is 0 Å². The maximum atomic E-state index is 4.94. The molecule has 0 aliphatic heterocycles. The third kappa shape index (κ3) is 2.34. The lowest BCUT2D eigenvalue weighted by atomic mass is 11.1. The lowest BCUT2D eigenvalue weighted by Gasteiger charge is -1.79. The van der Waals surface area contributed by atoms with Crippen molar-refractivity contribution in [3.05, 3.63) is 0 Å². The normalized spacial score (nSPS) is 10.2. The molecular weight excluding hydrogens is 150 g/mol. The predicted octanol–water partition coefficient (Wildman–Crippen LogP) is -1.53. The predicted molar refractivity (Wildman–Crippen MR) is 34.5 cm³/mol. The second kappa shape index (κ2) is 3.20. The molecule has 9 nitrogen and oxygen atoms in total. The van der Waals surface area contributed by atoms with Crippen LogP contribution < -0.4 is 11.5 Å². The average Bonchev–Trinajstić information content (AvgIpc) is 2.39. The molecule has 0 aliphatic rings. The van der Waals surface area contributed by atoms with Crippen LogP contribution in [0.1, 0.15) is 0 Å². The van der Waals surface area contributed by atoms with Crippen molar-refractivity contribution in [3.8, 4) is 0 Å². The molecule has 0 aliphatic carbocycles. The number of aromatic amines is 1. The summed E-state index contributed by atoms with van der Waals surface area (Å²) < 4.78 is 0. The molecular formula is C2H5N9. The monoisotopic (exact) mass is 155 g/mol. The molecule has 1 rings (SSSR count). The minimum absolute atomic E-state index is 0.0648. The molecule has 1 aromatic rings. The SMILES string of the molecule is NC(N)=NN=Nc1nn[nH]n1. The Hall–Kier alpha value is -2.06. The summed E-state index contributed by atoms with van der Waals surface area (Å²) in [5.41, 5.74) is 9.88. The molecule has 0 bridgehead atoms. The molecule has 9 heteroatoms. The standard InChI is InChI=1S/C2H5N9/c3-1(4)5-9-6-2-7-10-11-8-2/h(H5,3,4,5,6,7,8,10,11). The van der Waals surface area contributed by atoms with Crippen molar-refractivity contribution < 1.29 is 0 Å². The summed E-state index contributed by atoms with van der Waals surface area (Å²) in [4.78, 5) is 0. The van der Waals surface area contributed by atoms with Gasteiger partial charge in [-0.25, -0.2) is 0 Å². The fraction of sp³-hybridized carbons (Fsp3) is 0. The van der Waals surface area contributed by atoms with Crippen LogP contribution in [-0.4, -0.2) is 26.6 Å². The highest BCUT2D eigenvalue weighted by Gasteiger charge is 1.89. The molecule has 11 heavy (non-hydrogen) atoms. The van der Waals surface area contributed by atoms with Gasteiger partial charge in [-0.1, -0.05) is 15.3 Å². The average molecular weight is 155 g/mol. The fourth-order valence-corrected chi connectivity index (χ4v) is 0.313. The van der Waals surface area contributed by atoms with E-state index in [1.807, 2.05) is 0 Å². The summed E-state index contributed by atoms with van der Waals surface area (Å²) in [6.07, 6.45) is 0. The first kappa shape index (κ1) is 7.05. The Labute approximate surface area is 60.6 Å². The molecule has 0 unspecified atom stereocenters. The van der Waals surface area contributed by atoms with Crippen LogP contribution in [0.2, 0.25) is 0 Å². The van der Waals surface area contributed by atoms with Gasteiger partial charge in [0.05, 0.1) is 0 Å². The van der Waals surface area contributed by atoms with E-state index in [9.17, 15) is 0 Å². The summed E-state index contributed by atoms with van der Waals surface area (Å²) >= 11 is 0. The maximum absolute atomic E-state index is 4.94. The first-order valence-corrected chi connectivity index (χ1v) is 2.52. The van der Waals surface area contributed by atoms with Gasteiger partial charge in [-0.15, -0.1) is 5.10 Å². The fourth-order valence-electron chi connectivity index (χ4n) is 0.313. The van der Waals surface area contributed by atoms with Crippen LogP contribution in [0.25, 0.3) is 0 Å². The van der Waals surface area contributed by atoms with Crippen LogP contribution in [0.15, 0.2) is 15.4 Å². The molecule has 0 radical (unpaired) electrons. The van der Waals surface area contributed by atoms with Crippen molar-refractivity contribution in [2.75, 3.05) is 0 Å².